The molecule has 1 fully saturated rings. The van der Waals surface area contributed by atoms with Gasteiger partial charge >= 0.3 is 0 Å². The first-order chi connectivity index (χ1) is 12.2. The molecule has 2 aromatic rings. The van der Waals surface area contributed by atoms with Crippen molar-refractivity contribution in [2.45, 2.75) is 26.3 Å². The number of piperazine rings is 1. The van der Waals surface area contributed by atoms with Gasteiger partial charge in [0.05, 0.1) is 12.2 Å². The fourth-order valence-electron chi connectivity index (χ4n) is 2.85. The Bertz CT molecular complexity index is 679. The number of rotatable bonds is 6. The van der Waals surface area contributed by atoms with E-state index in [1.807, 2.05) is 37.3 Å². The first-order valence-corrected chi connectivity index (χ1v) is 8.78. The van der Waals surface area contributed by atoms with Gasteiger partial charge in [-0.05, 0) is 35.9 Å². The Balaban J connectivity index is 1.57. The van der Waals surface area contributed by atoms with Gasteiger partial charge in [0.1, 0.15) is 0 Å². The molecule has 2 heterocycles. The van der Waals surface area contributed by atoms with Crippen LogP contribution in [-0.4, -0.2) is 69.8 Å². The third-order valence-electron chi connectivity index (χ3n) is 4.50. The summed E-state index contributed by atoms with van der Waals surface area (Å²) in [4.78, 5) is 16.4. The van der Waals surface area contributed by atoms with Crippen LogP contribution in [0, 0.1) is 0 Å². The normalized spacial score (nSPS) is 16.6. The van der Waals surface area contributed by atoms with E-state index in [1.165, 1.54) is 0 Å². The molecule has 0 spiro atoms. The molecule has 0 aliphatic carbocycles. The van der Waals surface area contributed by atoms with Crippen LogP contribution in [0.3, 0.4) is 0 Å². The topological polar surface area (TPSA) is 79.2 Å². The van der Waals surface area contributed by atoms with Crippen molar-refractivity contribution in [2.75, 3.05) is 37.6 Å². The molecule has 25 heavy (non-hydrogen) atoms. The average Bonchev–Trinajstić information content (AvgIpc) is 3.12. The highest BCUT2D eigenvalue weighted by atomic mass is 16.2. The highest BCUT2D eigenvalue weighted by Gasteiger charge is 2.23. The van der Waals surface area contributed by atoms with Gasteiger partial charge in [-0.2, -0.15) is 4.68 Å². The minimum atomic E-state index is 0.0944. The molecular weight excluding hydrogens is 318 g/mol. The van der Waals surface area contributed by atoms with Crippen LogP contribution in [0.4, 0.5) is 5.95 Å². The number of carbonyl (C=O) groups is 1. The summed E-state index contributed by atoms with van der Waals surface area (Å²) < 4.78 is 1.76. The van der Waals surface area contributed by atoms with E-state index in [4.69, 9.17) is 0 Å². The summed E-state index contributed by atoms with van der Waals surface area (Å²) in [6.45, 7) is 7.76. The predicted molar refractivity (Wildman–Crippen MR) is 95.7 cm³/mol. The summed E-state index contributed by atoms with van der Waals surface area (Å²) in [5.74, 6) is 0.840. The van der Waals surface area contributed by atoms with Crippen LogP contribution in [0.15, 0.2) is 30.3 Å². The predicted octanol–water partition coefficient (Wildman–Crippen LogP) is 0.699. The molecule has 1 unspecified atom stereocenters. The van der Waals surface area contributed by atoms with E-state index in [0.29, 0.717) is 6.54 Å². The maximum absolute atomic E-state index is 12.0. The van der Waals surface area contributed by atoms with E-state index in [1.54, 1.807) is 4.68 Å². The number of amides is 1. The van der Waals surface area contributed by atoms with Crippen LogP contribution in [-0.2, 0) is 4.79 Å². The first-order valence-electron chi connectivity index (χ1n) is 8.78. The molecule has 0 bridgehead atoms. The Morgan fingerprint density at radius 1 is 1.20 bits per heavy atom. The zero-order valence-corrected chi connectivity index (χ0v) is 14.8. The van der Waals surface area contributed by atoms with E-state index in [9.17, 15) is 4.79 Å². The number of hydrogen-bond acceptors (Lipinski definition) is 6. The van der Waals surface area contributed by atoms with Gasteiger partial charge in [0.25, 0.3) is 0 Å². The van der Waals surface area contributed by atoms with Crippen molar-refractivity contribution in [1.82, 2.24) is 30.4 Å². The average molecular weight is 343 g/mol. The lowest BCUT2D eigenvalue weighted by Crippen LogP contribution is -2.50. The summed E-state index contributed by atoms with van der Waals surface area (Å²) in [6.07, 6.45) is 0.946. The fraction of sp³-hybridized carbons (Fsp3) is 0.529. The van der Waals surface area contributed by atoms with Crippen LogP contribution >= 0.6 is 0 Å². The number of anilines is 1. The molecule has 1 N–H and O–H groups in total. The molecule has 1 amide bonds. The molecule has 0 radical (unpaired) electrons. The Kier molecular flexibility index (Phi) is 5.60. The Morgan fingerprint density at radius 3 is 2.60 bits per heavy atom. The first kappa shape index (κ1) is 17.3. The number of hydrogen-bond donors (Lipinski definition) is 1. The zero-order valence-electron chi connectivity index (χ0n) is 14.8. The minimum absolute atomic E-state index is 0.0944. The minimum Gasteiger partial charge on any atom is -0.353 e. The van der Waals surface area contributed by atoms with E-state index in [0.717, 1.165) is 44.2 Å². The lowest BCUT2D eigenvalue weighted by Gasteiger charge is -2.34. The van der Waals surface area contributed by atoms with Gasteiger partial charge in [0.15, 0.2) is 0 Å². The number of tetrazole rings is 1. The molecule has 8 heteroatoms. The van der Waals surface area contributed by atoms with Gasteiger partial charge in [-0.3, -0.25) is 9.69 Å². The van der Waals surface area contributed by atoms with Gasteiger partial charge in [-0.15, -0.1) is 0 Å². The number of nitrogens with zero attached hydrogens (tertiary/aromatic N) is 6. The van der Waals surface area contributed by atoms with Gasteiger partial charge < -0.3 is 10.2 Å². The quantitative estimate of drug-likeness (QED) is 0.832. The molecule has 1 aromatic heterocycles. The van der Waals surface area contributed by atoms with Crippen molar-refractivity contribution >= 4 is 11.9 Å². The molecule has 1 aliphatic heterocycles. The summed E-state index contributed by atoms with van der Waals surface area (Å²) in [7, 11) is 0. The van der Waals surface area contributed by atoms with Crippen LogP contribution in [0.5, 0.6) is 0 Å². The summed E-state index contributed by atoms with van der Waals surface area (Å²) in [6, 6.07) is 10.1. The SMILES string of the molecule is CCC(C)NC(=O)CN1CCN(c2nnnn2-c2ccccc2)CC1. The highest BCUT2D eigenvalue weighted by molar-refractivity contribution is 5.78. The lowest BCUT2D eigenvalue weighted by molar-refractivity contribution is -0.122. The van der Waals surface area contributed by atoms with Crippen molar-refractivity contribution in [1.29, 1.82) is 0 Å². The molecule has 0 saturated carbocycles. The fourth-order valence-corrected chi connectivity index (χ4v) is 2.85. The summed E-state index contributed by atoms with van der Waals surface area (Å²) in [5, 5.41) is 15.1. The molecule has 1 atom stereocenters. The van der Waals surface area contributed by atoms with E-state index in [-0.39, 0.29) is 11.9 Å². The van der Waals surface area contributed by atoms with Gasteiger partial charge in [-0.1, -0.05) is 30.2 Å². The second-order valence-corrected chi connectivity index (χ2v) is 6.37. The standard InChI is InChI=1S/C17H25N7O/c1-3-14(2)18-16(25)13-22-9-11-23(12-10-22)17-19-20-21-24(17)15-7-5-4-6-8-15/h4-8,14H,3,9-13H2,1-2H3,(H,18,25). The smallest absolute Gasteiger partial charge is 0.250 e. The molecule has 1 saturated heterocycles. The van der Waals surface area contributed by atoms with Crippen LogP contribution in [0.25, 0.3) is 5.69 Å². The molecule has 1 aliphatic rings. The second kappa shape index (κ2) is 8.06. The van der Waals surface area contributed by atoms with E-state index in [2.05, 4.69) is 37.6 Å². The van der Waals surface area contributed by atoms with Crippen molar-refractivity contribution in [3.63, 3.8) is 0 Å². The maximum atomic E-state index is 12.0. The van der Waals surface area contributed by atoms with Gasteiger partial charge in [-0.25, -0.2) is 0 Å². The van der Waals surface area contributed by atoms with Crippen molar-refractivity contribution in [3.8, 4) is 5.69 Å². The van der Waals surface area contributed by atoms with E-state index < -0.39 is 0 Å². The molecule has 3 rings (SSSR count). The highest BCUT2D eigenvalue weighted by Crippen LogP contribution is 2.16. The number of nitrogens with one attached hydrogen (secondary N) is 1. The van der Waals surface area contributed by atoms with Crippen molar-refractivity contribution < 1.29 is 4.79 Å². The lowest BCUT2D eigenvalue weighted by atomic mass is 10.2. The molecule has 134 valence electrons. The molecule has 1 aromatic carbocycles. The number of benzene rings is 1. The number of carbonyl (C=O) groups excluding carboxylic acids is 1. The monoisotopic (exact) mass is 343 g/mol. The maximum Gasteiger partial charge on any atom is 0.250 e. The van der Waals surface area contributed by atoms with Crippen molar-refractivity contribution in [3.05, 3.63) is 30.3 Å². The Labute approximate surface area is 147 Å². The summed E-state index contributed by atoms with van der Waals surface area (Å²) >= 11 is 0. The van der Waals surface area contributed by atoms with Crippen LogP contribution in [0.2, 0.25) is 0 Å². The second-order valence-electron chi connectivity index (χ2n) is 6.37. The largest absolute Gasteiger partial charge is 0.353 e. The number of aromatic nitrogens is 4. The van der Waals surface area contributed by atoms with Crippen LogP contribution < -0.4 is 10.2 Å². The molecule has 8 nitrogen and oxygen atoms in total. The van der Waals surface area contributed by atoms with Gasteiger partial charge in [0.2, 0.25) is 11.9 Å². The van der Waals surface area contributed by atoms with E-state index >= 15 is 0 Å². The molecular formula is C17H25N7O. The zero-order chi connectivity index (χ0) is 17.6. The third-order valence-corrected chi connectivity index (χ3v) is 4.50. The number of para-hydroxylation sites is 1. The third kappa shape index (κ3) is 4.33. The van der Waals surface area contributed by atoms with Gasteiger partial charge in [0, 0.05) is 32.2 Å². The Hall–Kier alpha value is -2.48. The van der Waals surface area contributed by atoms with Crippen LogP contribution in [0.1, 0.15) is 20.3 Å². The van der Waals surface area contributed by atoms with Crippen molar-refractivity contribution in [2.24, 2.45) is 0 Å². The summed E-state index contributed by atoms with van der Waals surface area (Å²) in [5.41, 5.74) is 0.942. The Morgan fingerprint density at radius 2 is 1.92 bits per heavy atom.